The molecule has 0 heterocycles. The van der Waals surface area contributed by atoms with Gasteiger partial charge in [0.25, 0.3) is 0 Å². The van der Waals surface area contributed by atoms with Gasteiger partial charge in [0.1, 0.15) is 0 Å². The molecule has 1 aliphatic rings. The monoisotopic (exact) mass is 356 g/mol. The van der Waals surface area contributed by atoms with Crippen LogP contribution in [0.5, 0.6) is 0 Å². The normalized spacial score (nSPS) is 27.6. The van der Waals surface area contributed by atoms with Crippen LogP contribution in [0, 0.1) is 5.92 Å². The summed E-state index contributed by atoms with van der Waals surface area (Å²) in [6.07, 6.45) is 7.25. The minimum atomic E-state index is 0.881. The van der Waals surface area contributed by atoms with Crippen LogP contribution in [0.4, 0.5) is 0 Å². The molecule has 1 saturated carbocycles. The molecule has 67 valence electrons. The van der Waals surface area contributed by atoms with Crippen LogP contribution in [0.15, 0.2) is 0 Å². The second-order valence-electron chi connectivity index (χ2n) is 4.04. The molecule has 0 amide bonds. The van der Waals surface area contributed by atoms with Crippen molar-refractivity contribution in [3.8, 4) is 0 Å². The number of hydrogen-bond donors (Lipinski definition) is 1. The van der Waals surface area contributed by atoms with Gasteiger partial charge in [0.2, 0.25) is 0 Å². The maximum absolute atomic E-state index is 3.60. The third-order valence-electron chi connectivity index (χ3n) is 2.69. The molecule has 0 bridgehead atoms. The zero-order valence-corrected chi connectivity index (χ0v) is 13.8. The van der Waals surface area contributed by atoms with Crippen LogP contribution in [0.25, 0.3) is 0 Å². The molecule has 12 heavy (non-hydrogen) atoms. The van der Waals surface area contributed by atoms with E-state index in [1.807, 2.05) is 0 Å². The van der Waals surface area contributed by atoms with Crippen molar-refractivity contribution < 1.29 is 26.1 Å². The van der Waals surface area contributed by atoms with Gasteiger partial charge in [-0.1, -0.05) is 0 Å². The van der Waals surface area contributed by atoms with E-state index in [0.717, 1.165) is 38.1 Å². The van der Waals surface area contributed by atoms with Crippen molar-refractivity contribution in [2.45, 2.75) is 49.0 Å². The molecule has 1 rings (SSSR count). The Morgan fingerprint density at radius 3 is 2.50 bits per heavy atom. The summed E-state index contributed by atoms with van der Waals surface area (Å²) in [5.41, 5.74) is 0. The fourth-order valence-corrected chi connectivity index (χ4v) is 2.92. The van der Waals surface area contributed by atoms with Crippen molar-refractivity contribution in [1.82, 2.24) is 5.32 Å². The first-order valence-electron chi connectivity index (χ1n) is 5.37. The Kier molecular flexibility index (Phi) is 5.82. The zero-order chi connectivity index (χ0) is 8.81. The van der Waals surface area contributed by atoms with Crippen LogP contribution < -0.4 is 5.32 Å². The number of unbranched alkanes of at least 4 members (excludes halogenated alkanes) is 3. The van der Waals surface area contributed by atoms with Crippen molar-refractivity contribution in [3.05, 3.63) is 0 Å². The van der Waals surface area contributed by atoms with Gasteiger partial charge >= 0.3 is 92.9 Å². The minimum absolute atomic E-state index is 0.881. The first-order valence-corrected chi connectivity index (χ1v) is 9.26. The summed E-state index contributed by atoms with van der Waals surface area (Å²) >= 11 is 1.05. The summed E-state index contributed by atoms with van der Waals surface area (Å²) < 4.78 is 1.55. The second-order valence-corrected chi connectivity index (χ2v) is 6.79. The van der Waals surface area contributed by atoms with Crippen molar-refractivity contribution >= 4 is 0 Å². The van der Waals surface area contributed by atoms with Crippen LogP contribution in [0.2, 0.25) is 3.93 Å². The Balaban J connectivity index is 1.72. The zero-order valence-electron chi connectivity index (χ0n) is 8.31. The number of rotatable bonds is 7. The Hall–Kier alpha value is 0.895. The van der Waals surface area contributed by atoms with Crippen LogP contribution in [-0.2, 0) is 26.1 Å². The molecule has 1 nitrogen and oxygen atoms in total. The molecule has 0 aromatic rings. The quantitative estimate of drug-likeness (QED) is 0.547. The molecule has 2 heteroatoms. The van der Waals surface area contributed by atoms with E-state index in [4.69, 9.17) is 0 Å². The summed E-state index contributed by atoms with van der Waals surface area (Å²) in [5.74, 6) is 0.967. The van der Waals surface area contributed by atoms with Gasteiger partial charge in [-0.2, -0.15) is 0 Å². The second kappa shape index (κ2) is 6.36. The third kappa shape index (κ3) is 4.81. The topological polar surface area (TPSA) is 12.0 Å². The first kappa shape index (κ1) is 11.0. The van der Waals surface area contributed by atoms with Gasteiger partial charge in [0.05, 0.1) is 0 Å². The molecule has 2 atom stereocenters. The molecular formula is C10H20HgN. The van der Waals surface area contributed by atoms with E-state index in [2.05, 4.69) is 12.2 Å². The third-order valence-corrected chi connectivity index (χ3v) is 4.64. The standard InChI is InChI=1S/C10H20N.Hg/c1-3-4-5-6-7-11-10-8-9(10)2;/h9-11H,1,3-8H2,2H3;. The predicted molar refractivity (Wildman–Crippen MR) is 48.8 cm³/mol. The van der Waals surface area contributed by atoms with Gasteiger partial charge in [-0.3, -0.25) is 0 Å². The van der Waals surface area contributed by atoms with E-state index >= 15 is 0 Å². The molecule has 1 N–H and O–H groups in total. The number of hydrogen-bond acceptors (Lipinski definition) is 1. The fourth-order valence-electron chi connectivity index (χ4n) is 1.55. The van der Waals surface area contributed by atoms with Crippen molar-refractivity contribution in [1.29, 1.82) is 0 Å². The predicted octanol–water partition coefficient (Wildman–Crippen LogP) is 2.51. The van der Waals surface area contributed by atoms with Crippen LogP contribution in [-0.4, -0.2) is 12.6 Å². The van der Waals surface area contributed by atoms with Gasteiger partial charge in [-0.15, -0.1) is 0 Å². The summed E-state index contributed by atoms with van der Waals surface area (Å²) in [4.78, 5) is 0. The van der Waals surface area contributed by atoms with Crippen molar-refractivity contribution in [3.63, 3.8) is 0 Å². The number of nitrogens with one attached hydrogen (secondary N) is 1. The molecule has 0 saturated heterocycles. The van der Waals surface area contributed by atoms with Gasteiger partial charge < -0.3 is 0 Å². The van der Waals surface area contributed by atoms with Gasteiger partial charge in [-0.05, 0) is 0 Å². The molecule has 0 aromatic heterocycles. The van der Waals surface area contributed by atoms with Crippen molar-refractivity contribution in [2.75, 3.05) is 6.54 Å². The Morgan fingerprint density at radius 2 is 1.92 bits per heavy atom. The summed E-state index contributed by atoms with van der Waals surface area (Å²) in [7, 11) is 0. The van der Waals surface area contributed by atoms with Crippen LogP contribution in [0.1, 0.15) is 39.0 Å². The average molecular weight is 355 g/mol. The van der Waals surface area contributed by atoms with E-state index in [1.54, 1.807) is 3.93 Å². The molecule has 2 unspecified atom stereocenters. The average Bonchev–Trinajstić information content (AvgIpc) is 2.74. The maximum atomic E-state index is 3.60. The molecule has 0 aliphatic heterocycles. The first-order chi connectivity index (χ1) is 5.84. The summed E-state index contributed by atoms with van der Waals surface area (Å²) in [6.45, 7) is 3.60. The molecule has 0 radical (unpaired) electrons. The van der Waals surface area contributed by atoms with E-state index in [1.165, 1.54) is 38.6 Å². The van der Waals surface area contributed by atoms with Gasteiger partial charge in [0.15, 0.2) is 0 Å². The Bertz CT molecular complexity index is 116. The van der Waals surface area contributed by atoms with E-state index in [-0.39, 0.29) is 0 Å². The molecule has 1 aliphatic carbocycles. The van der Waals surface area contributed by atoms with Gasteiger partial charge in [-0.25, -0.2) is 0 Å². The molecular weight excluding hydrogens is 335 g/mol. The fraction of sp³-hybridized carbons (Fsp3) is 1.00. The Labute approximate surface area is 92.7 Å². The SMILES string of the molecule is CC1CC1NCCCCC[CH2][Hg]. The van der Waals surface area contributed by atoms with Gasteiger partial charge in [0, 0.05) is 0 Å². The summed E-state index contributed by atoms with van der Waals surface area (Å²) in [6, 6.07) is 0.881. The molecule has 1 fully saturated rings. The van der Waals surface area contributed by atoms with Crippen LogP contribution >= 0.6 is 0 Å². The van der Waals surface area contributed by atoms with E-state index in [0.29, 0.717) is 0 Å². The van der Waals surface area contributed by atoms with Crippen LogP contribution in [0.3, 0.4) is 0 Å². The van der Waals surface area contributed by atoms with E-state index < -0.39 is 0 Å². The van der Waals surface area contributed by atoms with Crippen molar-refractivity contribution in [2.24, 2.45) is 5.92 Å². The summed E-state index contributed by atoms with van der Waals surface area (Å²) in [5, 5.41) is 3.60. The Morgan fingerprint density at radius 1 is 1.25 bits per heavy atom. The molecule has 0 aromatic carbocycles. The molecule has 0 spiro atoms. The van der Waals surface area contributed by atoms with E-state index in [9.17, 15) is 0 Å².